The summed E-state index contributed by atoms with van der Waals surface area (Å²) in [6.45, 7) is 1.79. The van der Waals surface area contributed by atoms with Crippen molar-refractivity contribution in [3.8, 4) is 0 Å². The molecule has 0 unspecified atom stereocenters. The molecule has 0 radical (unpaired) electrons. The van der Waals surface area contributed by atoms with E-state index in [0.717, 1.165) is 0 Å². The first-order chi connectivity index (χ1) is 4.72. The molecule has 2 nitrogen and oxygen atoms in total. The molecule has 0 saturated carbocycles. The Morgan fingerprint density at radius 3 is 2.70 bits per heavy atom. The van der Waals surface area contributed by atoms with E-state index in [0.29, 0.717) is 15.6 Å². The fraction of sp³-hybridized carbons (Fsp3) is 0.167. The van der Waals surface area contributed by atoms with Crippen molar-refractivity contribution >= 4 is 34.2 Å². The molecule has 0 saturated heterocycles. The van der Waals surface area contributed by atoms with E-state index in [1.54, 1.807) is 19.3 Å². The highest BCUT2D eigenvalue weighted by Gasteiger charge is 2.03. The number of thiocarbonyl (C=S) groups is 2. The molecule has 0 aliphatic heterocycles. The summed E-state index contributed by atoms with van der Waals surface area (Å²) in [7, 11) is 0. The minimum atomic E-state index is 0.625. The second-order valence-corrected chi connectivity index (χ2v) is 2.84. The number of rotatable bonds is 2. The fourth-order valence-electron chi connectivity index (χ4n) is 0.556. The van der Waals surface area contributed by atoms with Crippen LogP contribution in [0.15, 0.2) is 12.4 Å². The van der Waals surface area contributed by atoms with E-state index in [1.807, 2.05) is 0 Å². The summed E-state index contributed by atoms with van der Waals surface area (Å²) in [4.78, 5) is 8.16. The van der Waals surface area contributed by atoms with Gasteiger partial charge in [0.15, 0.2) is 0 Å². The Kier molecular flexibility index (Phi) is 2.24. The summed E-state index contributed by atoms with van der Waals surface area (Å²) in [5.74, 6) is 0.683. The minimum Gasteiger partial charge on any atom is -0.344 e. The van der Waals surface area contributed by atoms with Gasteiger partial charge in [-0.05, 0) is 6.92 Å². The third-order valence-electron chi connectivity index (χ3n) is 1.03. The predicted octanol–water partition coefficient (Wildman–Crippen LogP) is 1.52. The zero-order valence-electron chi connectivity index (χ0n) is 5.42. The lowest BCUT2D eigenvalue weighted by molar-refractivity contribution is 1.28. The quantitative estimate of drug-likeness (QED) is 0.539. The maximum Gasteiger partial charge on any atom is 0.149 e. The highest BCUT2D eigenvalue weighted by Crippen LogP contribution is 1.95. The van der Waals surface area contributed by atoms with Crippen LogP contribution < -0.4 is 0 Å². The average molecular weight is 170 g/mol. The third kappa shape index (κ3) is 1.46. The average Bonchev–Trinajstić information content (AvgIpc) is 2.36. The summed E-state index contributed by atoms with van der Waals surface area (Å²) in [5.41, 5.74) is 0. The number of aromatic amines is 1. The maximum absolute atomic E-state index is 4.96. The summed E-state index contributed by atoms with van der Waals surface area (Å²) < 4.78 is 0. The van der Waals surface area contributed by atoms with Crippen LogP contribution in [0.5, 0.6) is 0 Å². The van der Waals surface area contributed by atoms with Crippen LogP contribution in [-0.4, -0.2) is 19.7 Å². The van der Waals surface area contributed by atoms with E-state index in [9.17, 15) is 0 Å². The van der Waals surface area contributed by atoms with Gasteiger partial charge in [0.25, 0.3) is 0 Å². The Morgan fingerprint density at radius 2 is 2.30 bits per heavy atom. The number of H-pyrrole nitrogens is 1. The normalized spacial score (nSPS) is 9.30. The summed E-state index contributed by atoms with van der Waals surface area (Å²) >= 11 is 9.83. The van der Waals surface area contributed by atoms with Crippen LogP contribution in [0, 0.1) is 0 Å². The Hall–Kier alpha value is -0.610. The van der Waals surface area contributed by atoms with Gasteiger partial charge in [-0.3, -0.25) is 0 Å². The van der Waals surface area contributed by atoms with Gasteiger partial charge in [0.1, 0.15) is 5.82 Å². The Morgan fingerprint density at radius 1 is 1.60 bits per heavy atom. The highest BCUT2D eigenvalue weighted by atomic mass is 32.1. The zero-order chi connectivity index (χ0) is 7.56. The molecule has 10 heavy (non-hydrogen) atoms. The number of nitrogens with zero attached hydrogens (tertiary/aromatic N) is 1. The Bertz CT molecular complexity index is 251. The fourth-order valence-corrected chi connectivity index (χ4v) is 0.764. The van der Waals surface area contributed by atoms with Gasteiger partial charge < -0.3 is 4.98 Å². The molecule has 1 N–H and O–H groups in total. The van der Waals surface area contributed by atoms with Gasteiger partial charge in [-0.25, -0.2) is 4.98 Å². The molecular weight excluding hydrogens is 164 g/mol. The predicted molar refractivity (Wildman–Crippen MR) is 48.6 cm³/mol. The first kappa shape index (κ1) is 7.50. The molecule has 0 aliphatic carbocycles. The van der Waals surface area contributed by atoms with Crippen molar-refractivity contribution in [2.75, 3.05) is 0 Å². The molecule has 0 aliphatic rings. The lowest BCUT2D eigenvalue weighted by Gasteiger charge is -1.93. The van der Waals surface area contributed by atoms with E-state index < -0.39 is 0 Å². The monoisotopic (exact) mass is 170 g/mol. The van der Waals surface area contributed by atoms with Crippen LogP contribution in [0.1, 0.15) is 12.7 Å². The number of aromatic nitrogens is 2. The number of hydrogen-bond donors (Lipinski definition) is 1. The standard InChI is InChI=1S/C6H6N2S2/c1-4(9)5(10)6-7-2-3-8-6/h2-3H,1H3,(H,7,8). The summed E-state index contributed by atoms with van der Waals surface area (Å²) in [6, 6.07) is 0. The first-order valence-corrected chi connectivity index (χ1v) is 3.58. The largest absolute Gasteiger partial charge is 0.344 e. The second-order valence-electron chi connectivity index (χ2n) is 1.82. The maximum atomic E-state index is 4.96. The molecule has 1 heterocycles. The lowest BCUT2D eigenvalue weighted by Crippen LogP contribution is -2.07. The molecule has 1 aromatic rings. The minimum absolute atomic E-state index is 0.625. The molecule has 52 valence electrons. The molecule has 0 amide bonds. The molecule has 1 rings (SSSR count). The molecular formula is C6H6N2S2. The van der Waals surface area contributed by atoms with Gasteiger partial charge in [0.05, 0.1) is 4.86 Å². The highest BCUT2D eigenvalue weighted by molar-refractivity contribution is 7.89. The molecule has 1 aromatic heterocycles. The molecule has 0 atom stereocenters. The number of imidazole rings is 1. The van der Waals surface area contributed by atoms with E-state index in [-0.39, 0.29) is 0 Å². The topological polar surface area (TPSA) is 28.7 Å². The van der Waals surface area contributed by atoms with Crippen molar-refractivity contribution in [2.24, 2.45) is 0 Å². The second kappa shape index (κ2) is 2.98. The molecule has 4 heteroatoms. The van der Waals surface area contributed by atoms with Crippen molar-refractivity contribution in [3.05, 3.63) is 18.2 Å². The van der Waals surface area contributed by atoms with E-state index in [2.05, 4.69) is 9.97 Å². The number of nitrogens with one attached hydrogen (secondary N) is 1. The van der Waals surface area contributed by atoms with Crippen LogP contribution in [0.4, 0.5) is 0 Å². The van der Waals surface area contributed by atoms with Crippen LogP contribution >= 0.6 is 24.4 Å². The van der Waals surface area contributed by atoms with Crippen LogP contribution in [-0.2, 0) is 0 Å². The van der Waals surface area contributed by atoms with Crippen molar-refractivity contribution in [1.29, 1.82) is 0 Å². The zero-order valence-corrected chi connectivity index (χ0v) is 7.05. The van der Waals surface area contributed by atoms with Gasteiger partial charge in [-0.2, -0.15) is 0 Å². The number of hydrogen-bond acceptors (Lipinski definition) is 3. The van der Waals surface area contributed by atoms with E-state index in [4.69, 9.17) is 24.4 Å². The molecule has 0 bridgehead atoms. The Balaban J connectivity index is 2.88. The SMILES string of the molecule is CC(=S)C(=S)c1ncc[nH]1. The van der Waals surface area contributed by atoms with Crippen LogP contribution in [0.25, 0.3) is 0 Å². The van der Waals surface area contributed by atoms with Crippen molar-refractivity contribution in [2.45, 2.75) is 6.92 Å². The Labute approximate surface area is 69.7 Å². The molecule has 0 fully saturated rings. The van der Waals surface area contributed by atoms with Gasteiger partial charge >= 0.3 is 0 Å². The van der Waals surface area contributed by atoms with Crippen LogP contribution in [0.2, 0.25) is 0 Å². The van der Waals surface area contributed by atoms with Gasteiger partial charge in [0.2, 0.25) is 0 Å². The van der Waals surface area contributed by atoms with Crippen molar-refractivity contribution < 1.29 is 0 Å². The van der Waals surface area contributed by atoms with Crippen molar-refractivity contribution in [1.82, 2.24) is 9.97 Å². The summed E-state index contributed by atoms with van der Waals surface area (Å²) in [6.07, 6.45) is 3.37. The molecule has 0 aromatic carbocycles. The van der Waals surface area contributed by atoms with Crippen molar-refractivity contribution in [3.63, 3.8) is 0 Å². The smallest absolute Gasteiger partial charge is 0.149 e. The van der Waals surface area contributed by atoms with E-state index in [1.165, 1.54) is 0 Å². The van der Waals surface area contributed by atoms with E-state index >= 15 is 0 Å². The molecule has 0 spiro atoms. The van der Waals surface area contributed by atoms with Crippen LogP contribution in [0.3, 0.4) is 0 Å². The first-order valence-electron chi connectivity index (χ1n) is 2.76. The lowest BCUT2D eigenvalue weighted by atomic mass is 10.3. The third-order valence-corrected chi connectivity index (χ3v) is 1.87. The summed E-state index contributed by atoms with van der Waals surface area (Å²) in [5, 5.41) is 0. The van der Waals surface area contributed by atoms with Gasteiger partial charge in [-0.1, -0.05) is 24.4 Å². The van der Waals surface area contributed by atoms with Gasteiger partial charge in [-0.15, -0.1) is 0 Å². The van der Waals surface area contributed by atoms with Gasteiger partial charge in [0, 0.05) is 17.3 Å².